The molecular weight excluding hydrogens is 360 g/mol. The molecule has 0 spiro atoms. The van der Waals surface area contributed by atoms with Gasteiger partial charge >= 0.3 is 5.97 Å². The van der Waals surface area contributed by atoms with Gasteiger partial charge in [-0.1, -0.05) is 18.2 Å². The number of carboxylic acids is 1. The zero-order chi connectivity index (χ0) is 20.1. The number of nitrogens with one attached hydrogen (secondary N) is 1. The van der Waals surface area contributed by atoms with Crippen LogP contribution in [0.1, 0.15) is 15.9 Å². The summed E-state index contributed by atoms with van der Waals surface area (Å²) in [5.41, 5.74) is 8.07. The Morgan fingerprint density at radius 3 is 2.64 bits per heavy atom. The van der Waals surface area contributed by atoms with Crippen molar-refractivity contribution >= 4 is 29.0 Å². The number of anilines is 4. The van der Waals surface area contributed by atoms with Crippen molar-refractivity contribution in [3.8, 4) is 5.75 Å². The molecule has 0 radical (unpaired) electrons. The van der Waals surface area contributed by atoms with Gasteiger partial charge in [0.25, 0.3) is 0 Å². The number of aromatic carboxylic acids is 1. The van der Waals surface area contributed by atoms with Gasteiger partial charge in [-0.15, -0.1) is 0 Å². The Labute approximate surface area is 161 Å². The number of nitrogens with two attached hydrogens (primary N) is 2. The Morgan fingerprint density at radius 1 is 1.21 bits per heavy atom. The van der Waals surface area contributed by atoms with E-state index in [9.17, 15) is 4.79 Å². The second kappa shape index (κ2) is 8.23. The van der Waals surface area contributed by atoms with Gasteiger partial charge in [0.05, 0.1) is 19.2 Å². The molecule has 1 heterocycles. The maximum atomic E-state index is 11.1. The Bertz CT molecular complexity index is 978. The van der Waals surface area contributed by atoms with E-state index in [2.05, 4.69) is 15.3 Å². The number of aromatic nitrogens is 2. The van der Waals surface area contributed by atoms with Gasteiger partial charge in [-0.3, -0.25) is 5.01 Å². The lowest BCUT2D eigenvalue weighted by atomic mass is 10.2. The van der Waals surface area contributed by atoms with Crippen molar-refractivity contribution in [3.63, 3.8) is 0 Å². The molecule has 0 fully saturated rings. The molecule has 0 saturated carbocycles. The summed E-state index contributed by atoms with van der Waals surface area (Å²) in [6.45, 7) is 0.374. The van der Waals surface area contributed by atoms with Crippen LogP contribution in [0.3, 0.4) is 0 Å². The summed E-state index contributed by atoms with van der Waals surface area (Å²) < 4.78 is 5.14. The Balaban J connectivity index is 1.79. The third-order valence-corrected chi connectivity index (χ3v) is 4.02. The molecule has 6 N–H and O–H groups in total. The summed E-state index contributed by atoms with van der Waals surface area (Å²) in [6, 6.07) is 13.8. The molecule has 2 aromatic carbocycles. The predicted octanol–water partition coefficient (Wildman–Crippen LogP) is 2.39. The summed E-state index contributed by atoms with van der Waals surface area (Å²) >= 11 is 0. The summed E-state index contributed by atoms with van der Waals surface area (Å²) in [5, 5.41) is 13.5. The monoisotopic (exact) mass is 380 g/mol. The molecule has 1 aromatic heterocycles. The largest absolute Gasteiger partial charge is 0.497 e. The highest BCUT2D eigenvalue weighted by Crippen LogP contribution is 2.28. The van der Waals surface area contributed by atoms with Crippen LogP contribution in [0.4, 0.5) is 23.0 Å². The first-order valence-corrected chi connectivity index (χ1v) is 8.34. The number of ether oxygens (including phenoxy) is 1. The van der Waals surface area contributed by atoms with Crippen molar-refractivity contribution in [1.82, 2.24) is 9.97 Å². The fourth-order valence-corrected chi connectivity index (χ4v) is 2.58. The lowest BCUT2D eigenvalue weighted by Crippen LogP contribution is -2.32. The number of carboxylic acid groups (broad SMARTS) is 1. The maximum absolute atomic E-state index is 11.1. The van der Waals surface area contributed by atoms with Crippen LogP contribution >= 0.6 is 0 Å². The molecular formula is C19H20N6O3. The van der Waals surface area contributed by atoms with Crippen molar-refractivity contribution < 1.29 is 14.6 Å². The number of benzene rings is 2. The highest BCUT2D eigenvalue weighted by Gasteiger charge is 2.14. The molecule has 0 aliphatic rings. The van der Waals surface area contributed by atoms with Crippen LogP contribution in [0.15, 0.2) is 54.9 Å². The first-order chi connectivity index (χ1) is 13.5. The van der Waals surface area contributed by atoms with Gasteiger partial charge < -0.3 is 20.9 Å². The standard InChI is InChI=1S/C19H20N6O3/c1-28-15-7-5-12(6-8-15)10-25(21)18-16(20)17(22-11-23-18)24-14-4-2-3-13(9-14)19(26)27/h2-9,11H,10,20-21H2,1H3,(H,26,27)(H,22,23,24). The van der Waals surface area contributed by atoms with Gasteiger partial charge in [-0.05, 0) is 35.9 Å². The Morgan fingerprint density at radius 2 is 1.96 bits per heavy atom. The average molecular weight is 380 g/mol. The molecule has 3 rings (SSSR count). The summed E-state index contributed by atoms with van der Waals surface area (Å²) in [5.74, 6) is 6.56. The second-order valence-corrected chi connectivity index (χ2v) is 5.95. The minimum absolute atomic E-state index is 0.151. The fourth-order valence-electron chi connectivity index (χ4n) is 2.58. The minimum atomic E-state index is -1.02. The lowest BCUT2D eigenvalue weighted by Gasteiger charge is -2.20. The maximum Gasteiger partial charge on any atom is 0.335 e. The highest BCUT2D eigenvalue weighted by atomic mass is 16.5. The number of hydrogen-bond acceptors (Lipinski definition) is 8. The third-order valence-electron chi connectivity index (χ3n) is 4.02. The molecule has 3 aromatic rings. The van der Waals surface area contributed by atoms with Crippen LogP contribution in [-0.2, 0) is 6.54 Å². The summed E-state index contributed by atoms with van der Waals surface area (Å²) in [4.78, 5) is 19.4. The topological polar surface area (TPSA) is 140 Å². The quantitative estimate of drug-likeness (QED) is 0.359. The van der Waals surface area contributed by atoms with Crippen molar-refractivity contribution in [2.24, 2.45) is 5.84 Å². The number of hydrazine groups is 1. The number of hydrogen-bond donors (Lipinski definition) is 4. The number of nitrogen functional groups attached to an aromatic ring is 1. The van der Waals surface area contributed by atoms with E-state index >= 15 is 0 Å². The number of carbonyl (C=O) groups is 1. The van der Waals surface area contributed by atoms with Gasteiger partial charge in [0.2, 0.25) is 0 Å². The van der Waals surface area contributed by atoms with E-state index in [4.69, 9.17) is 21.4 Å². The van der Waals surface area contributed by atoms with Crippen molar-refractivity contribution in [2.75, 3.05) is 23.2 Å². The average Bonchev–Trinajstić information content (AvgIpc) is 2.70. The van der Waals surface area contributed by atoms with Gasteiger partial charge in [-0.2, -0.15) is 0 Å². The van der Waals surface area contributed by atoms with Crippen LogP contribution in [0, 0.1) is 0 Å². The lowest BCUT2D eigenvalue weighted by molar-refractivity contribution is 0.0697. The van der Waals surface area contributed by atoms with Crippen LogP contribution in [0.25, 0.3) is 0 Å². The van der Waals surface area contributed by atoms with Crippen LogP contribution < -0.4 is 26.6 Å². The number of methoxy groups -OCH3 is 1. The molecule has 0 bridgehead atoms. The van der Waals surface area contributed by atoms with Gasteiger partial charge in [0.15, 0.2) is 11.6 Å². The zero-order valence-electron chi connectivity index (χ0n) is 15.2. The second-order valence-electron chi connectivity index (χ2n) is 5.95. The van der Waals surface area contributed by atoms with E-state index in [0.29, 0.717) is 23.9 Å². The molecule has 9 heteroatoms. The summed E-state index contributed by atoms with van der Waals surface area (Å²) in [7, 11) is 1.60. The molecule has 0 saturated heterocycles. The molecule has 144 valence electrons. The molecule has 0 amide bonds. The first kappa shape index (κ1) is 18.9. The number of nitrogens with zero attached hydrogens (tertiary/aromatic N) is 3. The van der Waals surface area contributed by atoms with E-state index < -0.39 is 5.97 Å². The van der Waals surface area contributed by atoms with Crippen molar-refractivity contribution in [1.29, 1.82) is 0 Å². The molecule has 0 aliphatic carbocycles. The summed E-state index contributed by atoms with van der Waals surface area (Å²) in [6.07, 6.45) is 1.34. The van der Waals surface area contributed by atoms with E-state index in [1.807, 2.05) is 24.3 Å². The number of rotatable bonds is 7. The SMILES string of the molecule is COc1ccc(CN(N)c2ncnc(Nc3cccc(C(=O)O)c3)c2N)cc1. The predicted molar refractivity (Wildman–Crippen MR) is 106 cm³/mol. The van der Waals surface area contributed by atoms with Crippen LogP contribution in [-0.4, -0.2) is 28.2 Å². The van der Waals surface area contributed by atoms with Gasteiger partial charge in [0, 0.05) is 5.69 Å². The van der Waals surface area contributed by atoms with Crippen LogP contribution in [0.5, 0.6) is 5.75 Å². The molecule has 9 nitrogen and oxygen atoms in total. The van der Waals surface area contributed by atoms with Crippen LogP contribution in [0.2, 0.25) is 0 Å². The third kappa shape index (κ3) is 4.27. The van der Waals surface area contributed by atoms with E-state index in [0.717, 1.165) is 11.3 Å². The molecule has 28 heavy (non-hydrogen) atoms. The molecule has 0 aliphatic heterocycles. The van der Waals surface area contributed by atoms with Crippen molar-refractivity contribution in [2.45, 2.75) is 6.54 Å². The first-order valence-electron chi connectivity index (χ1n) is 8.34. The van der Waals surface area contributed by atoms with E-state index in [1.54, 1.807) is 19.2 Å². The van der Waals surface area contributed by atoms with Gasteiger partial charge in [0.1, 0.15) is 17.8 Å². The molecule has 0 unspecified atom stereocenters. The van der Waals surface area contributed by atoms with Gasteiger partial charge in [-0.25, -0.2) is 20.6 Å². The Hall–Kier alpha value is -3.85. The zero-order valence-corrected chi connectivity index (χ0v) is 15.2. The highest BCUT2D eigenvalue weighted by molar-refractivity contribution is 5.89. The van der Waals surface area contributed by atoms with E-state index in [1.165, 1.54) is 23.5 Å². The van der Waals surface area contributed by atoms with Crippen molar-refractivity contribution in [3.05, 3.63) is 66.0 Å². The Kier molecular flexibility index (Phi) is 5.56. The fraction of sp³-hybridized carbons (Fsp3) is 0.105. The normalized spacial score (nSPS) is 10.4. The smallest absolute Gasteiger partial charge is 0.335 e. The molecule has 0 atom stereocenters. The van der Waals surface area contributed by atoms with E-state index in [-0.39, 0.29) is 11.3 Å². The minimum Gasteiger partial charge on any atom is -0.497 e.